The summed E-state index contributed by atoms with van der Waals surface area (Å²) in [7, 11) is 1.13. The Bertz CT molecular complexity index is 1090. The summed E-state index contributed by atoms with van der Waals surface area (Å²) in [4.78, 5) is 24.6. The zero-order valence-electron chi connectivity index (χ0n) is 16.2. The van der Waals surface area contributed by atoms with E-state index < -0.39 is 70.2 Å². The third-order valence-corrected chi connectivity index (χ3v) is 5.38. The van der Waals surface area contributed by atoms with Gasteiger partial charge >= 0.3 is 5.97 Å². The molecule has 3 rings (SSSR count). The van der Waals surface area contributed by atoms with Crippen LogP contribution in [-0.4, -0.2) is 25.0 Å². The maximum atomic E-state index is 13.9. The molecule has 1 amide bonds. The van der Waals surface area contributed by atoms with Crippen molar-refractivity contribution in [1.82, 2.24) is 5.32 Å². The van der Waals surface area contributed by atoms with Crippen LogP contribution in [0.15, 0.2) is 30.4 Å². The number of allylic oxidation sites excluding steroid dienone is 1. The fourth-order valence-corrected chi connectivity index (χ4v) is 3.82. The Morgan fingerprint density at radius 1 is 1.00 bits per heavy atom. The van der Waals surface area contributed by atoms with Crippen LogP contribution in [0.2, 0.25) is 5.02 Å². The number of hydrogen-bond donors (Lipinski definition) is 1. The van der Waals surface area contributed by atoms with Crippen molar-refractivity contribution in [1.29, 1.82) is 0 Å². The normalized spacial score (nSPS) is 18.5. The standard InChI is InChI=1S/C21H14ClF6NO3/c1-32-21(31)13(11-5-3-9(23)7-12(11)22)8-2-4-10(6-8)29-20(30)14-15(24)17(26)19(28)18(27)16(14)25/h2-5,7-8,10,13H,6H2,1H3,(H,29,30)/t8-,10+,13-/m0/s1. The average Bonchev–Trinajstić information content (AvgIpc) is 3.20. The van der Waals surface area contributed by atoms with Gasteiger partial charge in [0.15, 0.2) is 23.3 Å². The van der Waals surface area contributed by atoms with Crippen molar-refractivity contribution in [2.75, 3.05) is 7.11 Å². The molecule has 0 radical (unpaired) electrons. The van der Waals surface area contributed by atoms with Crippen molar-refractivity contribution in [2.45, 2.75) is 18.4 Å². The van der Waals surface area contributed by atoms with Gasteiger partial charge < -0.3 is 10.1 Å². The van der Waals surface area contributed by atoms with Crippen LogP contribution in [0, 0.1) is 40.8 Å². The minimum absolute atomic E-state index is 0.00854. The lowest BCUT2D eigenvalue weighted by molar-refractivity contribution is -0.143. The number of amides is 1. The van der Waals surface area contributed by atoms with Gasteiger partial charge in [-0.25, -0.2) is 26.3 Å². The van der Waals surface area contributed by atoms with E-state index in [2.05, 4.69) is 5.32 Å². The Hall–Kier alpha value is -3.01. The lowest BCUT2D eigenvalue weighted by Crippen LogP contribution is -2.35. The molecule has 1 aliphatic rings. The highest BCUT2D eigenvalue weighted by molar-refractivity contribution is 6.31. The number of rotatable bonds is 5. The molecule has 1 N–H and O–H groups in total. The largest absolute Gasteiger partial charge is 0.469 e. The Labute approximate surface area is 182 Å². The van der Waals surface area contributed by atoms with Gasteiger partial charge in [-0.15, -0.1) is 0 Å². The van der Waals surface area contributed by atoms with E-state index in [9.17, 15) is 35.9 Å². The maximum absolute atomic E-state index is 13.9. The molecular formula is C21H14ClF6NO3. The number of carbonyl (C=O) groups is 2. The number of methoxy groups -OCH3 is 1. The van der Waals surface area contributed by atoms with Crippen molar-refractivity contribution < 1.29 is 40.7 Å². The molecule has 11 heteroatoms. The molecule has 3 atom stereocenters. The van der Waals surface area contributed by atoms with E-state index in [1.165, 1.54) is 18.2 Å². The molecule has 2 aromatic carbocycles. The zero-order valence-corrected chi connectivity index (χ0v) is 17.0. The summed E-state index contributed by atoms with van der Waals surface area (Å²) >= 11 is 6.06. The summed E-state index contributed by atoms with van der Waals surface area (Å²) < 4.78 is 85.9. The van der Waals surface area contributed by atoms with E-state index in [4.69, 9.17) is 16.3 Å². The van der Waals surface area contributed by atoms with Gasteiger partial charge in [0.25, 0.3) is 5.91 Å². The first-order valence-corrected chi connectivity index (χ1v) is 9.48. The SMILES string of the molecule is COC(=O)[C@H](c1ccc(F)cc1Cl)[C@H]1C=C[C@@H](NC(=O)c2c(F)c(F)c(F)c(F)c2F)C1. The number of ether oxygens (including phenoxy) is 1. The minimum Gasteiger partial charge on any atom is -0.469 e. The van der Waals surface area contributed by atoms with Crippen molar-refractivity contribution in [3.8, 4) is 0 Å². The van der Waals surface area contributed by atoms with Gasteiger partial charge in [-0.3, -0.25) is 9.59 Å². The summed E-state index contributed by atoms with van der Waals surface area (Å²) in [5.41, 5.74) is -1.37. The molecule has 170 valence electrons. The highest BCUT2D eigenvalue weighted by atomic mass is 35.5. The van der Waals surface area contributed by atoms with Crippen LogP contribution >= 0.6 is 11.6 Å². The summed E-state index contributed by atoms with van der Waals surface area (Å²) in [6.45, 7) is 0. The minimum atomic E-state index is -2.38. The van der Waals surface area contributed by atoms with Crippen LogP contribution in [0.4, 0.5) is 26.3 Å². The molecule has 0 spiro atoms. The van der Waals surface area contributed by atoms with E-state index >= 15 is 0 Å². The smallest absolute Gasteiger partial charge is 0.313 e. The van der Waals surface area contributed by atoms with E-state index in [0.29, 0.717) is 0 Å². The van der Waals surface area contributed by atoms with Crippen molar-refractivity contribution in [2.24, 2.45) is 5.92 Å². The quantitative estimate of drug-likeness (QED) is 0.221. The van der Waals surface area contributed by atoms with Gasteiger partial charge in [0.05, 0.1) is 13.0 Å². The third kappa shape index (κ3) is 4.32. The van der Waals surface area contributed by atoms with E-state index in [1.54, 1.807) is 0 Å². The van der Waals surface area contributed by atoms with Crippen LogP contribution in [0.1, 0.15) is 28.3 Å². The summed E-state index contributed by atoms with van der Waals surface area (Å²) in [5, 5.41) is 2.12. The zero-order chi connectivity index (χ0) is 23.7. The van der Waals surface area contributed by atoms with Gasteiger partial charge in [0, 0.05) is 11.1 Å². The molecule has 4 nitrogen and oxygen atoms in total. The second kappa shape index (κ2) is 9.23. The van der Waals surface area contributed by atoms with E-state index in [0.717, 1.165) is 19.2 Å². The number of nitrogens with one attached hydrogen (secondary N) is 1. The van der Waals surface area contributed by atoms with Gasteiger partial charge in [-0.05, 0) is 30.0 Å². The van der Waals surface area contributed by atoms with Crippen LogP contribution in [0.3, 0.4) is 0 Å². The van der Waals surface area contributed by atoms with Crippen LogP contribution in [0.25, 0.3) is 0 Å². The molecule has 0 fully saturated rings. The average molecular weight is 478 g/mol. The van der Waals surface area contributed by atoms with Crippen LogP contribution in [0.5, 0.6) is 0 Å². The molecule has 0 heterocycles. The molecule has 0 aromatic heterocycles. The predicted octanol–water partition coefficient (Wildman–Crippen LogP) is 4.81. The first-order valence-electron chi connectivity index (χ1n) is 9.10. The van der Waals surface area contributed by atoms with Crippen LogP contribution < -0.4 is 5.32 Å². The fraction of sp³-hybridized carbons (Fsp3) is 0.238. The lowest BCUT2D eigenvalue weighted by Gasteiger charge is -2.23. The van der Waals surface area contributed by atoms with Crippen LogP contribution in [-0.2, 0) is 9.53 Å². The van der Waals surface area contributed by atoms with Gasteiger partial charge in [0.2, 0.25) is 5.82 Å². The predicted molar refractivity (Wildman–Crippen MR) is 101 cm³/mol. The molecule has 2 aromatic rings. The van der Waals surface area contributed by atoms with Gasteiger partial charge in [-0.1, -0.05) is 29.8 Å². The van der Waals surface area contributed by atoms with Gasteiger partial charge in [-0.2, -0.15) is 0 Å². The Kier molecular flexibility index (Phi) is 6.82. The molecular weight excluding hydrogens is 464 g/mol. The van der Waals surface area contributed by atoms with E-state index in [1.807, 2.05) is 0 Å². The Morgan fingerprint density at radius 2 is 1.59 bits per heavy atom. The Balaban J connectivity index is 1.83. The highest BCUT2D eigenvalue weighted by Crippen LogP contribution is 2.38. The van der Waals surface area contributed by atoms with Gasteiger partial charge in [0.1, 0.15) is 11.4 Å². The summed E-state index contributed by atoms with van der Waals surface area (Å²) in [6.07, 6.45) is 2.90. The molecule has 0 unspecified atom stereocenters. The number of hydrogen-bond acceptors (Lipinski definition) is 3. The van der Waals surface area contributed by atoms with Crippen molar-refractivity contribution >= 4 is 23.5 Å². The monoisotopic (exact) mass is 477 g/mol. The topological polar surface area (TPSA) is 55.4 Å². The van der Waals surface area contributed by atoms with Crippen molar-refractivity contribution in [3.63, 3.8) is 0 Å². The molecule has 32 heavy (non-hydrogen) atoms. The maximum Gasteiger partial charge on any atom is 0.313 e. The van der Waals surface area contributed by atoms with Crippen molar-refractivity contribution in [3.05, 3.63) is 81.4 Å². The highest BCUT2D eigenvalue weighted by Gasteiger charge is 2.36. The Morgan fingerprint density at radius 3 is 2.16 bits per heavy atom. The van der Waals surface area contributed by atoms with E-state index in [-0.39, 0.29) is 17.0 Å². The lowest BCUT2D eigenvalue weighted by atomic mass is 9.85. The summed E-state index contributed by atoms with van der Waals surface area (Å²) in [6, 6.07) is 2.49. The first kappa shape index (κ1) is 23.6. The second-order valence-electron chi connectivity index (χ2n) is 6.98. The third-order valence-electron chi connectivity index (χ3n) is 5.05. The number of benzene rings is 2. The fourth-order valence-electron chi connectivity index (χ4n) is 3.54. The number of esters is 1. The molecule has 0 aliphatic heterocycles. The molecule has 0 saturated heterocycles. The first-order chi connectivity index (χ1) is 15.1. The molecule has 1 aliphatic carbocycles. The molecule has 0 saturated carbocycles. The molecule has 0 bridgehead atoms. The summed E-state index contributed by atoms with van der Waals surface area (Å²) in [5.74, 6) is -15.9. The number of halogens is 7. The second-order valence-corrected chi connectivity index (χ2v) is 7.38. The number of carbonyl (C=O) groups excluding carboxylic acids is 2.